The highest BCUT2D eigenvalue weighted by atomic mass is 35.5. The van der Waals surface area contributed by atoms with Crippen molar-refractivity contribution in [1.82, 2.24) is 19.1 Å². The summed E-state index contributed by atoms with van der Waals surface area (Å²) in [6.45, 7) is 1.88. The van der Waals surface area contributed by atoms with Crippen LogP contribution in [0.15, 0.2) is 52.1 Å². The molecule has 2 aromatic carbocycles. The average Bonchev–Trinajstić information content (AvgIpc) is 3.20. The van der Waals surface area contributed by atoms with E-state index >= 15 is 0 Å². The molecule has 0 saturated heterocycles. The smallest absolute Gasteiger partial charge is 0.354 e. The lowest BCUT2D eigenvalue weighted by molar-refractivity contribution is -0.137. The van der Waals surface area contributed by atoms with E-state index in [1.165, 1.54) is 4.57 Å². The van der Waals surface area contributed by atoms with Crippen molar-refractivity contribution in [3.05, 3.63) is 79.0 Å². The lowest BCUT2D eigenvalue weighted by Gasteiger charge is -2.15. The normalized spacial score (nSPS) is 11.1. The molecule has 4 rings (SSSR count). The molecule has 2 N–H and O–H groups in total. The zero-order valence-corrected chi connectivity index (χ0v) is 19.2. The number of halogens is 1. The second kappa shape index (κ2) is 9.55. The molecule has 0 aliphatic heterocycles. The predicted molar refractivity (Wildman–Crippen MR) is 128 cm³/mol. The molecule has 11 heteroatoms. The number of aryl methyl sites for hydroxylation is 1. The number of benzene rings is 2. The molecular formula is C22H20ClN5O4S. The lowest BCUT2D eigenvalue weighted by atomic mass is 10.2. The molecule has 0 radical (unpaired) electrons. The van der Waals surface area contributed by atoms with Crippen LogP contribution in [0.5, 0.6) is 0 Å². The summed E-state index contributed by atoms with van der Waals surface area (Å²) in [5, 5.41) is 13.6. The standard InChI is InChI=1S/C22H20ClN5O4S/c1-2-18-25-16-8-7-15(11-17(16)33-18)24-20-26-21(31)27(10-9-19(29)30)22(32)28(20)12-13-3-5-14(23)6-4-13/h3-8,11H,2,9-10,12H2,1H3,(H,29,30)(H,24,26,31). The summed E-state index contributed by atoms with van der Waals surface area (Å²) >= 11 is 7.54. The monoisotopic (exact) mass is 485 g/mol. The topological polar surface area (TPSA) is 119 Å². The van der Waals surface area contributed by atoms with Crippen LogP contribution in [0.4, 0.5) is 11.6 Å². The number of nitrogens with zero attached hydrogens (tertiary/aromatic N) is 4. The number of fused-ring (bicyclic) bond motifs is 1. The number of carboxylic acids is 1. The minimum Gasteiger partial charge on any atom is -0.481 e. The van der Waals surface area contributed by atoms with E-state index in [0.29, 0.717) is 10.7 Å². The SMILES string of the molecule is CCc1nc2ccc(Nc3nc(=O)n(CCC(=O)O)c(=O)n3Cc3ccc(Cl)cc3)cc2s1. The molecule has 0 aliphatic rings. The van der Waals surface area contributed by atoms with Crippen LogP contribution >= 0.6 is 22.9 Å². The highest BCUT2D eigenvalue weighted by Gasteiger charge is 2.15. The maximum atomic E-state index is 13.2. The van der Waals surface area contributed by atoms with Gasteiger partial charge in [-0.25, -0.2) is 19.1 Å². The molecule has 9 nitrogen and oxygen atoms in total. The van der Waals surface area contributed by atoms with Crippen LogP contribution in [0.25, 0.3) is 10.2 Å². The van der Waals surface area contributed by atoms with Gasteiger partial charge >= 0.3 is 17.3 Å². The first kappa shape index (κ1) is 22.7. The fourth-order valence-electron chi connectivity index (χ4n) is 3.27. The van der Waals surface area contributed by atoms with Gasteiger partial charge in [0.05, 0.1) is 28.2 Å². The molecule has 33 heavy (non-hydrogen) atoms. The fourth-order valence-corrected chi connectivity index (χ4v) is 4.34. The molecule has 0 fully saturated rings. The summed E-state index contributed by atoms with van der Waals surface area (Å²) in [4.78, 5) is 45.3. The van der Waals surface area contributed by atoms with E-state index < -0.39 is 17.3 Å². The molecule has 2 aromatic heterocycles. The Bertz CT molecular complexity index is 1440. The first-order valence-electron chi connectivity index (χ1n) is 10.2. The molecule has 0 unspecified atom stereocenters. The van der Waals surface area contributed by atoms with Gasteiger partial charge in [-0.3, -0.25) is 9.36 Å². The van der Waals surface area contributed by atoms with Gasteiger partial charge in [0.25, 0.3) is 0 Å². The molecular weight excluding hydrogens is 466 g/mol. The number of thiazole rings is 1. The first-order valence-corrected chi connectivity index (χ1v) is 11.4. The van der Waals surface area contributed by atoms with Crippen LogP contribution in [0.1, 0.15) is 23.9 Å². The van der Waals surface area contributed by atoms with Gasteiger partial charge in [-0.15, -0.1) is 11.3 Å². The number of carbonyl (C=O) groups is 1. The second-order valence-corrected chi connectivity index (χ2v) is 8.83. The van der Waals surface area contributed by atoms with E-state index in [1.807, 2.05) is 19.1 Å². The molecule has 0 bridgehead atoms. The number of aromatic nitrogens is 4. The van der Waals surface area contributed by atoms with Crippen molar-refractivity contribution in [1.29, 1.82) is 0 Å². The van der Waals surface area contributed by atoms with E-state index in [4.69, 9.17) is 16.7 Å². The number of anilines is 2. The Kier molecular flexibility index (Phi) is 6.57. The van der Waals surface area contributed by atoms with Gasteiger partial charge in [0, 0.05) is 17.3 Å². The van der Waals surface area contributed by atoms with E-state index in [9.17, 15) is 14.4 Å². The first-order chi connectivity index (χ1) is 15.8. The fraction of sp³-hybridized carbons (Fsp3) is 0.227. The Morgan fingerprint density at radius 2 is 1.88 bits per heavy atom. The number of nitrogens with one attached hydrogen (secondary N) is 1. The summed E-state index contributed by atoms with van der Waals surface area (Å²) in [5.41, 5.74) is 0.815. The quantitative estimate of drug-likeness (QED) is 0.392. The van der Waals surface area contributed by atoms with Crippen molar-refractivity contribution in [2.75, 3.05) is 5.32 Å². The average molecular weight is 486 g/mol. The minimum atomic E-state index is -1.11. The van der Waals surface area contributed by atoms with Crippen molar-refractivity contribution < 1.29 is 9.90 Å². The zero-order chi connectivity index (χ0) is 23.5. The Balaban J connectivity index is 1.76. The third-order valence-corrected chi connectivity index (χ3v) is 6.36. The van der Waals surface area contributed by atoms with Gasteiger partial charge in [-0.05, 0) is 42.3 Å². The number of aliphatic carboxylic acids is 1. The van der Waals surface area contributed by atoms with Crippen LogP contribution in [0.3, 0.4) is 0 Å². The molecule has 4 aromatic rings. The van der Waals surface area contributed by atoms with Crippen LogP contribution < -0.4 is 16.7 Å². The minimum absolute atomic E-state index is 0.0612. The maximum absolute atomic E-state index is 13.2. The summed E-state index contributed by atoms with van der Waals surface area (Å²) in [6.07, 6.45) is 0.464. The van der Waals surface area contributed by atoms with Crippen LogP contribution in [0.2, 0.25) is 5.02 Å². The van der Waals surface area contributed by atoms with Gasteiger partial charge in [0.2, 0.25) is 5.95 Å². The number of hydrogen-bond donors (Lipinski definition) is 2. The van der Waals surface area contributed by atoms with Crippen LogP contribution in [-0.4, -0.2) is 30.2 Å². The highest BCUT2D eigenvalue weighted by Crippen LogP contribution is 2.26. The molecule has 2 heterocycles. The van der Waals surface area contributed by atoms with E-state index in [-0.39, 0.29) is 25.5 Å². The number of hydrogen-bond acceptors (Lipinski definition) is 7. The Morgan fingerprint density at radius 3 is 2.58 bits per heavy atom. The van der Waals surface area contributed by atoms with Gasteiger partial charge in [0.1, 0.15) is 0 Å². The zero-order valence-electron chi connectivity index (χ0n) is 17.6. The molecule has 0 aliphatic carbocycles. The predicted octanol–water partition coefficient (Wildman–Crippen LogP) is 3.50. The van der Waals surface area contributed by atoms with Crippen molar-refractivity contribution in [3.8, 4) is 0 Å². The number of rotatable bonds is 8. The van der Waals surface area contributed by atoms with Gasteiger partial charge < -0.3 is 10.4 Å². The molecule has 170 valence electrons. The summed E-state index contributed by atoms with van der Waals surface area (Å²) in [5.74, 6) is -1.05. The van der Waals surface area contributed by atoms with Crippen molar-refractivity contribution >= 4 is 50.8 Å². The molecule has 0 spiro atoms. The molecule has 0 saturated carbocycles. The van der Waals surface area contributed by atoms with Crippen molar-refractivity contribution in [2.45, 2.75) is 32.9 Å². The lowest BCUT2D eigenvalue weighted by Crippen LogP contribution is -2.43. The molecule has 0 atom stereocenters. The summed E-state index contributed by atoms with van der Waals surface area (Å²) < 4.78 is 3.11. The van der Waals surface area contributed by atoms with Crippen LogP contribution in [0, 0.1) is 0 Å². The Hall–Kier alpha value is -3.50. The van der Waals surface area contributed by atoms with Gasteiger partial charge in [-0.2, -0.15) is 4.98 Å². The second-order valence-electron chi connectivity index (χ2n) is 7.28. The van der Waals surface area contributed by atoms with Crippen molar-refractivity contribution in [2.24, 2.45) is 0 Å². The van der Waals surface area contributed by atoms with Gasteiger partial charge in [0.15, 0.2) is 0 Å². The largest absolute Gasteiger partial charge is 0.481 e. The third-order valence-electron chi connectivity index (χ3n) is 4.94. The highest BCUT2D eigenvalue weighted by molar-refractivity contribution is 7.18. The van der Waals surface area contributed by atoms with Gasteiger partial charge in [-0.1, -0.05) is 30.7 Å². The van der Waals surface area contributed by atoms with E-state index in [2.05, 4.69) is 15.3 Å². The van der Waals surface area contributed by atoms with E-state index in [0.717, 1.165) is 31.8 Å². The van der Waals surface area contributed by atoms with Crippen LogP contribution in [-0.2, 0) is 24.3 Å². The number of carboxylic acid groups (broad SMARTS) is 1. The maximum Gasteiger partial charge on any atom is 0.354 e. The Morgan fingerprint density at radius 1 is 1.12 bits per heavy atom. The third kappa shape index (κ3) is 5.12. The Labute approximate surface area is 196 Å². The van der Waals surface area contributed by atoms with E-state index in [1.54, 1.807) is 41.7 Å². The summed E-state index contributed by atoms with van der Waals surface area (Å²) in [7, 11) is 0. The molecule has 0 amide bonds. The summed E-state index contributed by atoms with van der Waals surface area (Å²) in [6, 6.07) is 12.5. The van der Waals surface area contributed by atoms with Crippen molar-refractivity contribution in [3.63, 3.8) is 0 Å².